The monoisotopic (exact) mass is 317 g/mol. The van der Waals surface area contributed by atoms with Crippen molar-refractivity contribution in [1.82, 2.24) is 20.0 Å². The summed E-state index contributed by atoms with van der Waals surface area (Å²) in [5.41, 5.74) is 1.10. The van der Waals surface area contributed by atoms with Crippen molar-refractivity contribution in [2.45, 2.75) is 12.5 Å². The van der Waals surface area contributed by atoms with E-state index in [9.17, 15) is 0 Å². The molecule has 1 aliphatic heterocycles. The van der Waals surface area contributed by atoms with Crippen LogP contribution < -0.4 is 5.32 Å². The third-order valence-electron chi connectivity index (χ3n) is 3.91. The topological polar surface area (TPSA) is 67.8 Å². The lowest BCUT2D eigenvalue weighted by Gasteiger charge is -2.34. The number of furan rings is 1. The number of nitrogens with one attached hydrogen (secondary N) is 1. The molecule has 0 amide bonds. The van der Waals surface area contributed by atoms with Gasteiger partial charge < -0.3 is 19.4 Å². The molecule has 2 aromatic rings. The van der Waals surface area contributed by atoms with Crippen LogP contribution >= 0.6 is 0 Å². The summed E-state index contributed by atoms with van der Waals surface area (Å²) in [6.07, 6.45) is 6.43. The van der Waals surface area contributed by atoms with Crippen molar-refractivity contribution in [2.24, 2.45) is 12.0 Å². The fourth-order valence-electron chi connectivity index (χ4n) is 2.73. The van der Waals surface area contributed by atoms with Gasteiger partial charge in [-0.1, -0.05) is 0 Å². The number of aryl methyl sites for hydroxylation is 1. The summed E-state index contributed by atoms with van der Waals surface area (Å²) in [7, 11) is 3.73. The van der Waals surface area contributed by atoms with Crippen LogP contribution in [0.25, 0.3) is 0 Å². The predicted octanol–water partition coefficient (Wildman–Crippen LogP) is 1.20. The molecule has 3 heterocycles. The molecule has 1 N–H and O–H groups in total. The van der Waals surface area contributed by atoms with Crippen molar-refractivity contribution >= 4 is 5.96 Å². The normalized spacial score (nSPS) is 19.1. The number of rotatable bonds is 4. The number of nitrogens with zero attached hydrogens (tertiary/aromatic N) is 4. The quantitative estimate of drug-likeness (QED) is 0.678. The summed E-state index contributed by atoms with van der Waals surface area (Å²) in [6, 6.07) is 3.89. The second-order valence-electron chi connectivity index (χ2n) is 5.56. The first-order valence-electron chi connectivity index (χ1n) is 7.84. The Morgan fingerprint density at radius 3 is 3.13 bits per heavy atom. The maximum atomic E-state index is 5.87. The molecule has 0 spiro atoms. The zero-order valence-electron chi connectivity index (χ0n) is 13.6. The zero-order chi connectivity index (χ0) is 16.1. The van der Waals surface area contributed by atoms with Gasteiger partial charge in [-0.2, -0.15) is 5.10 Å². The first-order chi connectivity index (χ1) is 11.3. The van der Waals surface area contributed by atoms with E-state index in [1.54, 1.807) is 10.9 Å². The van der Waals surface area contributed by atoms with E-state index < -0.39 is 0 Å². The van der Waals surface area contributed by atoms with Crippen molar-refractivity contribution < 1.29 is 9.15 Å². The minimum atomic E-state index is 0.0288. The Morgan fingerprint density at radius 2 is 2.43 bits per heavy atom. The Labute approximate surface area is 135 Å². The van der Waals surface area contributed by atoms with Gasteiger partial charge >= 0.3 is 0 Å². The van der Waals surface area contributed by atoms with Gasteiger partial charge in [0, 0.05) is 45.4 Å². The molecule has 3 rings (SSSR count). The second kappa shape index (κ2) is 7.32. The average molecular weight is 317 g/mol. The third-order valence-corrected chi connectivity index (χ3v) is 3.91. The van der Waals surface area contributed by atoms with E-state index in [4.69, 9.17) is 9.15 Å². The predicted molar refractivity (Wildman–Crippen MR) is 87.2 cm³/mol. The summed E-state index contributed by atoms with van der Waals surface area (Å²) in [5, 5.41) is 7.62. The van der Waals surface area contributed by atoms with Gasteiger partial charge in [-0.25, -0.2) is 0 Å². The minimum absolute atomic E-state index is 0.0288. The van der Waals surface area contributed by atoms with Gasteiger partial charge in [0.1, 0.15) is 11.9 Å². The van der Waals surface area contributed by atoms with Crippen molar-refractivity contribution in [3.8, 4) is 0 Å². The maximum absolute atomic E-state index is 5.87. The fraction of sp³-hybridized carbons (Fsp3) is 0.500. The molecule has 0 radical (unpaired) electrons. The highest BCUT2D eigenvalue weighted by Crippen LogP contribution is 2.21. The summed E-state index contributed by atoms with van der Waals surface area (Å²) in [4.78, 5) is 6.61. The smallest absolute Gasteiger partial charge is 0.193 e. The van der Waals surface area contributed by atoms with E-state index in [1.807, 2.05) is 38.6 Å². The Balaban J connectivity index is 1.55. The lowest BCUT2D eigenvalue weighted by molar-refractivity contribution is -0.00801. The number of hydrogen-bond donors (Lipinski definition) is 1. The van der Waals surface area contributed by atoms with Gasteiger partial charge in [-0.3, -0.25) is 9.67 Å². The molecule has 1 unspecified atom stereocenters. The average Bonchev–Trinajstić information content (AvgIpc) is 3.23. The number of morpholine rings is 1. The number of aromatic nitrogens is 2. The molecular weight excluding hydrogens is 294 g/mol. The highest BCUT2D eigenvalue weighted by Gasteiger charge is 2.24. The van der Waals surface area contributed by atoms with Crippen molar-refractivity contribution in [3.05, 3.63) is 42.1 Å². The minimum Gasteiger partial charge on any atom is -0.469 e. The lowest BCUT2D eigenvalue weighted by atomic mass is 10.1. The van der Waals surface area contributed by atoms with Crippen LogP contribution in [-0.2, 0) is 18.2 Å². The molecule has 124 valence electrons. The highest BCUT2D eigenvalue weighted by molar-refractivity contribution is 5.80. The molecule has 1 aliphatic rings. The molecule has 0 aliphatic carbocycles. The Bertz CT molecular complexity index is 635. The van der Waals surface area contributed by atoms with E-state index in [1.165, 1.54) is 0 Å². The standard InChI is InChI=1S/C16H23N5O2/c1-17-16(18-6-5-14-4-3-8-22-14)21-7-9-23-15(12-21)13-10-19-20(2)11-13/h3-4,8,10-11,15H,5-7,9,12H2,1-2H3,(H,17,18). The van der Waals surface area contributed by atoms with Crippen LogP contribution in [0.4, 0.5) is 0 Å². The molecule has 7 heteroatoms. The fourth-order valence-corrected chi connectivity index (χ4v) is 2.73. The molecule has 1 fully saturated rings. The zero-order valence-corrected chi connectivity index (χ0v) is 13.6. The molecule has 2 aromatic heterocycles. The number of aliphatic imine (C=N–C) groups is 1. The van der Waals surface area contributed by atoms with Crippen molar-refractivity contribution in [1.29, 1.82) is 0 Å². The van der Waals surface area contributed by atoms with E-state index in [0.717, 1.165) is 43.3 Å². The van der Waals surface area contributed by atoms with Crippen molar-refractivity contribution in [3.63, 3.8) is 0 Å². The van der Waals surface area contributed by atoms with Crippen LogP contribution in [0, 0.1) is 0 Å². The summed E-state index contributed by atoms with van der Waals surface area (Å²) in [6.45, 7) is 3.07. The number of hydrogen-bond acceptors (Lipinski definition) is 4. The van der Waals surface area contributed by atoms with E-state index in [2.05, 4.69) is 20.3 Å². The van der Waals surface area contributed by atoms with Gasteiger partial charge in [0.15, 0.2) is 5.96 Å². The van der Waals surface area contributed by atoms with Gasteiger partial charge in [0.05, 0.1) is 25.6 Å². The largest absolute Gasteiger partial charge is 0.469 e. The molecule has 1 saturated heterocycles. The van der Waals surface area contributed by atoms with E-state index in [0.29, 0.717) is 6.61 Å². The SMILES string of the molecule is CN=C(NCCc1ccco1)N1CCOC(c2cnn(C)c2)C1. The first-order valence-corrected chi connectivity index (χ1v) is 7.84. The number of guanidine groups is 1. The number of ether oxygens (including phenoxy) is 1. The first kappa shape index (κ1) is 15.6. The van der Waals surface area contributed by atoms with E-state index >= 15 is 0 Å². The molecule has 0 saturated carbocycles. The van der Waals surface area contributed by atoms with Crippen LogP contribution in [0.1, 0.15) is 17.4 Å². The van der Waals surface area contributed by atoms with Crippen LogP contribution in [0.2, 0.25) is 0 Å². The summed E-state index contributed by atoms with van der Waals surface area (Å²) in [5.74, 6) is 1.87. The lowest BCUT2D eigenvalue weighted by Crippen LogP contribution is -2.48. The van der Waals surface area contributed by atoms with Gasteiger partial charge in [0.25, 0.3) is 0 Å². The van der Waals surface area contributed by atoms with Crippen LogP contribution in [0.3, 0.4) is 0 Å². The molecular formula is C16H23N5O2. The van der Waals surface area contributed by atoms with Gasteiger partial charge in [-0.05, 0) is 12.1 Å². The Morgan fingerprint density at radius 1 is 1.52 bits per heavy atom. The second-order valence-corrected chi connectivity index (χ2v) is 5.56. The molecule has 0 aromatic carbocycles. The molecule has 1 atom stereocenters. The van der Waals surface area contributed by atoms with Crippen LogP contribution in [-0.4, -0.2) is 53.9 Å². The van der Waals surface area contributed by atoms with Crippen LogP contribution in [0.15, 0.2) is 40.2 Å². The maximum Gasteiger partial charge on any atom is 0.193 e. The third kappa shape index (κ3) is 3.92. The Hall–Kier alpha value is -2.28. The summed E-state index contributed by atoms with van der Waals surface area (Å²) < 4.78 is 13.0. The van der Waals surface area contributed by atoms with Crippen LogP contribution in [0.5, 0.6) is 0 Å². The van der Waals surface area contributed by atoms with E-state index in [-0.39, 0.29) is 6.10 Å². The Kier molecular flexibility index (Phi) is 4.97. The van der Waals surface area contributed by atoms with Gasteiger partial charge in [0.2, 0.25) is 0 Å². The highest BCUT2D eigenvalue weighted by atomic mass is 16.5. The van der Waals surface area contributed by atoms with Crippen molar-refractivity contribution in [2.75, 3.05) is 33.3 Å². The molecule has 7 nitrogen and oxygen atoms in total. The molecule has 23 heavy (non-hydrogen) atoms. The summed E-state index contributed by atoms with van der Waals surface area (Å²) >= 11 is 0. The van der Waals surface area contributed by atoms with Gasteiger partial charge in [-0.15, -0.1) is 0 Å². The molecule has 0 bridgehead atoms.